The summed E-state index contributed by atoms with van der Waals surface area (Å²) in [5.41, 5.74) is 0. The molecule has 3 amide bonds. The Kier molecular flexibility index (Phi) is 12.5. The summed E-state index contributed by atoms with van der Waals surface area (Å²) in [6.07, 6.45) is -19.0. The van der Waals surface area contributed by atoms with E-state index in [-0.39, 0.29) is 0 Å². The van der Waals surface area contributed by atoms with Gasteiger partial charge in [-0.05, 0) is 0 Å². The molecule has 0 unspecified atom stereocenters. The van der Waals surface area contributed by atoms with Crippen molar-refractivity contribution < 1.29 is 78.9 Å². The fraction of sp³-hybridized carbons (Fsp3) is 0.875. The number of rotatable bonds is 10. The third-order valence-corrected chi connectivity index (χ3v) is 7.30. The Labute approximate surface area is 245 Å². The van der Waals surface area contributed by atoms with Crippen LogP contribution in [0.15, 0.2) is 0 Å². The van der Waals surface area contributed by atoms with Gasteiger partial charge in [-0.25, -0.2) is 0 Å². The molecule has 11 N–H and O–H groups in total. The summed E-state index contributed by atoms with van der Waals surface area (Å²) in [6.45, 7) is 0.995. The summed E-state index contributed by atoms with van der Waals surface area (Å²) in [4.78, 5) is 35.5. The van der Waals surface area contributed by atoms with Gasteiger partial charge in [0.15, 0.2) is 18.9 Å². The van der Waals surface area contributed by atoms with Crippen molar-refractivity contribution in [3.05, 3.63) is 0 Å². The van der Waals surface area contributed by atoms with Gasteiger partial charge >= 0.3 is 0 Å². The second kappa shape index (κ2) is 15.3. The number of aliphatic hydroxyl groups is 8. The van der Waals surface area contributed by atoms with Gasteiger partial charge in [0.05, 0.1) is 19.8 Å². The van der Waals surface area contributed by atoms with Crippen molar-refractivity contribution in [2.75, 3.05) is 19.8 Å². The number of aliphatic hydroxyl groups excluding tert-OH is 8. The molecule has 3 rings (SSSR count). The van der Waals surface area contributed by atoms with E-state index in [2.05, 4.69) is 16.0 Å². The molecular weight excluding hydrogens is 586 g/mol. The van der Waals surface area contributed by atoms with Crippen LogP contribution in [0.5, 0.6) is 0 Å². The van der Waals surface area contributed by atoms with E-state index in [4.69, 9.17) is 23.7 Å². The zero-order chi connectivity index (χ0) is 32.2. The third kappa shape index (κ3) is 8.14. The van der Waals surface area contributed by atoms with Gasteiger partial charge in [-0.1, -0.05) is 0 Å². The molecule has 0 radical (unpaired) electrons. The van der Waals surface area contributed by atoms with Crippen molar-refractivity contribution >= 4 is 17.7 Å². The van der Waals surface area contributed by atoms with Crippen LogP contribution in [0.25, 0.3) is 0 Å². The van der Waals surface area contributed by atoms with Crippen LogP contribution in [0.3, 0.4) is 0 Å². The lowest BCUT2D eigenvalue weighted by Crippen LogP contribution is -2.71. The lowest BCUT2D eigenvalue weighted by molar-refractivity contribution is -0.351. The van der Waals surface area contributed by atoms with Crippen LogP contribution < -0.4 is 16.0 Å². The number of hydrogen-bond donors (Lipinski definition) is 11. The average molecular weight is 628 g/mol. The van der Waals surface area contributed by atoms with Crippen molar-refractivity contribution in [3.8, 4) is 0 Å². The van der Waals surface area contributed by atoms with Gasteiger partial charge in [0.1, 0.15) is 73.1 Å². The van der Waals surface area contributed by atoms with E-state index in [9.17, 15) is 55.2 Å². The lowest BCUT2D eigenvalue weighted by atomic mass is 9.93. The van der Waals surface area contributed by atoms with E-state index in [1.54, 1.807) is 0 Å². The Bertz CT molecular complexity index is 962. The fourth-order valence-electron chi connectivity index (χ4n) is 5.28. The predicted molar refractivity (Wildman–Crippen MR) is 136 cm³/mol. The van der Waals surface area contributed by atoms with E-state index >= 15 is 0 Å². The quantitative estimate of drug-likeness (QED) is 0.107. The summed E-state index contributed by atoms with van der Waals surface area (Å²) < 4.78 is 28.3. The summed E-state index contributed by atoms with van der Waals surface area (Å²) >= 11 is 0. The predicted octanol–water partition coefficient (Wildman–Crippen LogP) is -7.14. The maximum Gasteiger partial charge on any atom is 0.217 e. The topological polar surface area (TPSA) is 295 Å². The van der Waals surface area contributed by atoms with Crippen LogP contribution in [-0.4, -0.2) is 170 Å². The molecule has 3 fully saturated rings. The Morgan fingerprint density at radius 2 is 0.930 bits per heavy atom. The molecule has 0 spiro atoms. The molecule has 3 saturated heterocycles. The van der Waals surface area contributed by atoms with Crippen LogP contribution in [0.4, 0.5) is 0 Å². The summed E-state index contributed by atoms with van der Waals surface area (Å²) in [5, 5.41) is 90.0. The Balaban J connectivity index is 1.89. The Morgan fingerprint density at radius 1 is 0.558 bits per heavy atom. The van der Waals surface area contributed by atoms with Crippen molar-refractivity contribution in [2.24, 2.45) is 0 Å². The molecule has 248 valence electrons. The van der Waals surface area contributed by atoms with Gasteiger partial charge in [-0.15, -0.1) is 0 Å². The van der Waals surface area contributed by atoms with E-state index in [0.29, 0.717) is 0 Å². The van der Waals surface area contributed by atoms with Gasteiger partial charge in [0.2, 0.25) is 17.7 Å². The van der Waals surface area contributed by atoms with Crippen LogP contribution >= 0.6 is 0 Å². The number of carbonyl (C=O) groups excluding carboxylic acids is 3. The standard InChI is InChI=1S/C24H41N3O16/c1-7(31)25-13-18(36)20(11(5-29)39-22(13)38)42-24-15(27-9(3)33)19(37)21(12(6-30)41-24)43-23-14(26-8(2)32)17(35)16(34)10(4-28)40-23/h10-24,28-30,34-38H,4-6H2,1-3H3,(H,25,31)(H,26,32)(H,27,33)/t10-,11-,12-,13-,14-,15-,16-,17-,18-,19-,20-,21-,22-,23-,24+/m1/s1. The van der Waals surface area contributed by atoms with E-state index in [0.717, 1.165) is 20.8 Å². The minimum atomic E-state index is -1.77. The van der Waals surface area contributed by atoms with Crippen molar-refractivity contribution in [1.29, 1.82) is 0 Å². The summed E-state index contributed by atoms with van der Waals surface area (Å²) in [7, 11) is 0. The molecule has 19 nitrogen and oxygen atoms in total. The molecular formula is C24H41N3O16. The van der Waals surface area contributed by atoms with E-state index in [1.165, 1.54) is 0 Å². The van der Waals surface area contributed by atoms with Crippen LogP contribution in [0.2, 0.25) is 0 Å². The van der Waals surface area contributed by atoms with Gasteiger partial charge < -0.3 is 80.5 Å². The first kappa shape index (κ1) is 35.4. The minimum absolute atomic E-state index is 0.628. The van der Waals surface area contributed by atoms with E-state index in [1.807, 2.05) is 0 Å². The Morgan fingerprint density at radius 3 is 1.37 bits per heavy atom. The smallest absolute Gasteiger partial charge is 0.217 e. The SMILES string of the molecule is CC(=O)N[C@@H]1[C@@H](O)[C@H](O[C@@H]2O[C@H](CO)[C@@H](O[C@H]3O[C@H](CO)[C@@H](O)[C@H](O)[C@H]3NC(C)=O)[C@H](O)[C@H]2NC(C)=O)[C@@H](CO)O[C@H]1O. The largest absolute Gasteiger partial charge is 0.394 e. The first-order valence-corrected chi connectivity index (χ1v) is 13.5. The molecule has 3 aliphatic rings. The Hall–Kier alpha value is -2.11. The highest BCUT2D eigenvalue weighted by molar-refractivity contribution is 5.74. The van der Waals surface area contributed by atoms with Gasteiger partial charge in [-0.2, -0.15) is 0 Å². The van der Waals surface area contributed by atoms with Crippen LogP contribution in [0.1, 0.15) is 20.8 Å². The molecule has 0 bridgehead atoms. The first-order chi connectivity index (χ1) is 20.2. The molecule has 0 aromatic rings. The number of amides is 3. The lowest BCUT2D eigenvalue weighted by Gasteiger charge is -2.49. The molecule has 3 aliphatic heterocycles. The maximum atomic E-state index is 12.1. The van der Waals surface area contributed by atoms with Gasteiger partial charge in [0, 0.05) is 20.8 Å². The average Bonchev–Trinajstić information content (AvgIpc) is 2.94. The molecule has 15 atom stereocenters. The normalized spacial score (nSPS) is 43.5. The molecule has 0 aromatic carbocycles. The highest BCUT2D eigenvalue weighted by atomic mass is 16.7. The summed E-state index contributed by atoms with van der Waals surface area (Å²) in [6, 6.07) is -4.31. The molecule has 0 saturated carbocycles. The van der Waals surface area contributed by atoms with Gasteiger partial charge in [-0.3, -0.25) is 14.4 Å². The first-order valence-electron chi connectivity index (χ1n) is 13.5. The second-order valence-electron chi connectivity index (χ2n) is 10.5. The molecule has 3 heterocycles. The van der Waals surface area contributed by atoms with Crippen molar-refractivity contribution in [1.82, 2.24) is 16.0 Å². The summed E-state index contributed by atoms with van der Waals surface area (Å²) in [5.74, 6) is -1.96. The minimum Gasteiger partial charge on any atom is -0.394 e. The number of nitrogens with one attached hydrogen (secondary N) is 3. The maximum absolute atomic E-state index is 12.1. The second-order valence-corrected chi connectivity index (χ2v) is 10.5. The van der Waals surface area contributed by atoms with Gasteiger partial charge in [0.25, 0.3) is 0 Å². The molecule has 0 aromatic heterocycles. The monoisotopic (exact) mass is 627 g/mol. The third-order valence-electron chi connectivity index (χ3n) is 7.30. The highest BCUT2D eigenvalue weighted by Crippen LogP contribution is 2.32. The number of carbonyl (C=O) groups is 3. The van der Waals surface area contributed by atoms with Crippen LogP contribution in [0, 0.1) is 0 Å². The number of ether oxygens (including phenoxy) is 5. The zero-order valence-corrected chi connectivity index (χ0v) is 23.6. The molecule has 0 aliphatic carbocycles. The van der Waals surface area contributed by atoms with Crippen molar-refractivity contribution in [2.45, 2.75) is 113 Å². The van der Waals surface area contributed by atoms with Crippen LogP contribution in [-0.2, 0) is 38.1 Å². The zero-order valence-electron chi connectivity index (χ0n) is 23.6. The molecule has 43 heavy (non-hydrogen) atoms. The van der Waals surface area contributed by atoms with E-state index < -0.39 is 129 Å². The van der Waals surface area contributed by atoms with Crippen molar-refractivity contribution in [3.63, 3.8) is 0 Å². The number of hydrogen-bond acceptors (Lipinski definition) is 16. The molecule has 19 heteroatoms. The fourth-order valence-corrected chi connectivity index (χ4v) is 5.28. The highest BCUT2D eigenvalue weighted by Gasteiger charge is 2.54.